The Balaban J connectivity index is 1.70. The average molecular weight is 297 g/mol. The van der Waals surface area contributed by atoms with Gasteiger partial charge in [-0.25, -0.2) is 4.79 Å². The molecule has 0 unspecified atom stereocenters. The van der Waals surface area contributed by atoms with Gasteiger partial charge in [0.2, 0.25) is 0 Å². The van der Waals surface area contributed by atoms with Crippen LogP contribution in [-0.2, 0) is 4.74 Å². The smallest absolute Gasteiger partial charge is 0.315 e. The van der Waals surface area contributed by atoms with Crippen LogP contribution < -0.4 is 10.6 Å². The number of carbonyl (C=O) groups excluding carboxylic acids is 1. The minimum absolute atomic E-state index is 0.0468. The number of urea groups is 1. The topological polar surface area (TPSA) is 53.6 Å². The summed E-state index contributed by atoms with van der Waals surface area (Å²) < 4.78 is 5.32. The first-order chi connectivity index (χ1) is 9.65. The summed E-state index contributed by atoms with van der Waals surface area (Å²) >= 11 is 1.66. The summed E-state index contributed by atoms with van der Waals surface area (Å²) in [4.78, 5) is 15.4. The van der Waals surface area contributed by atoms with Gasteiger partial charge in [-0.1, -0.05) is 6.07 Å². The predicted molar refractivity (Wildman–Crippen MR) is 81.1 cm³/mol. The number of nitrogens with zero attached hydrogens (tertiary/aromatic N) is 1. The Morgan fingerprint density at radius 3 is 2.80 bits per heavy atom. The van der Waals surface area contributed by atoms with E-state index in [-0.39, 0.29) is 18.1 Å². The van der Waals surface area contributed by atoms with E-state index >= 15 is 0 Å². The molecule has 6 heteroatoms. The maximum atomic E-state index is 11.9. The number of nitrogens with one attached hydrogen (secondary N) is 2. The molecule has 1 aromatic rings. The second kappa shape index (κ2) is 7.61. The number of hydrogen-bond donors (Lipinski definition) is 2. The van der Waals surface area contributed by atoms with Crippen LogP contribution in [0, 0.1) is 0 Å². The van der Waals surface area contributed by atoms with Crippen LogP contribution in [0.3, 0.4) is 0 Å². The molecule has 112 valence electrons. The van der Waals surface area contributed by atoms with Gasteiger partial charge in [-0.15, -0.1) is 11.3 Å². The molecule has 2 rings (SSSR count). The number of ether oxygens (including phenoxy) is 1. The highest BCUT2D eigenvalue weighted by Crippen LogP contribution is 2.17. The van der Waals surface area contributed by atoms with Gasteiger partial charge in [-0.05, 0) is 25.3 Å². The normalized spacial score (nSPS) is 19.3. The largest absolute Gasteiger partial charge is 0.379 e. The molecule has 20 heavy (non-hydrogen) atoms. The van der Waals surface area contributed by atoms with E-state index in [0.717, 1.165) is 32.8 Å². The SMILES string of the molecule is C[C@H](CN1CCOCC1)NC(=O)N[C@H](C)c1cccs1. The lowest BCUT2D eigenvalue weighted by atomic mass is 10.2. The van der Waals surface area contributed by atoms with Crippen molar-refractivity contribution in [3.63, 3.8) is 0 Å². The van der Waals surface area contributed by atoms with Gasteiger partial charge < -0.3 is 15.4 Å². The number of rotatable bonds is 5. The van der Waals surface area contributed by atoms with Crippen molar-refractivity contribution in [1.29, 1.82) is 0 Å². The lowest BCUT2D eigenvalue weighted by Crippen LogP contribution is -2.48. The number of thiophene rings is 1. The van der Waals surface area contributed by atoms with Gasteiger partial charge >= 0.3 is 6.03 Å². The zero-order chi connectivity index (χ0) is 14.4. The van der Waals surface area contributed by atoms with Crippen LogP contribution in [0.4, 0.5) is 4.79 Å². The Bertz CT molecular complexity index is 405. The maximum Gasteiger partial charge on any atom is 0.315 e. The summed E-state index contributed by atoms with van der Waals surface area (Å²) in [6.45, 7) is 8.36. The monoisotopic (exact) mass is 297 g/mol. The molecule has 0 aliphatic carbocycles. The highest BCUT2D eigenvalue weighted by molar-refractivity contribution is 7.10. The number of hydrogen-bond acceptors (Lipinski definition) is 4. The molecule has 0 radical (unpaired) electrons. The van der Waals surface area contributed by atoms with Gasteiger partial charge in [0.05, 0.1) is 19.3 Å². The van der Waals surface area contributed by atoms with Gasteiger partial charge in [0.1, 0.15) is 0 Å². The second-order valence-electron chi connectivity index (χ2n) is 5.17. The molecule has 0 saturated carbocycles. The van der Waals surface area contributed by atoms with Crippen LogP contribution in [0.15, 0.2) is 17.5 Å². The lowest BCUT2D eigenvalue weighted by molar-refractivity contribution is 0.0349. The van der Waals surface area contributed by atoms with E-state index in [1.807, 2.05) is 31.4 Å². The first-order valence-electron chi connectivity index (χ1n) is 7.05. The maximum absolute atomic E-state index is 11.9. The van der Waals surface area contributed by atoms with Crippen molar-refractivity contribution in [3.8, 4) is 0 Å². The molecule has 1 aliphatic rings. The first-order valence-corrected chi connectivity index (χ1v) is 7.93. The van der Waals surface area contributed by atoms with Crippen molar-refractivity contribution in [1.82, 2.24) is 15.5 Å². The minimum atomic E-state index is -0.105. The summed E-state index contributed by atoms with van der Waals surface area (Å²) in [6, 6.07) is 4.10. The van der Waals surface area contributed by atoms with E-state index < -0.39 is 0 Å². The molecule has 5 nitrogen and oxygen atoms in total. The molecular formula is C14H23N3O2S. The van der Waals surface area contributed by atoms with E-state index in [9.17, 15) is 4.79 Å². The highest BCUT2D eigenvalue weighted by Gasteiger charge is 2.16. The van der Waals surface area contributed by atoms with Crippen molar-refractivity contribution in [3.05, 3.63) is 22.4 Å². The van der Waals surface area contributed by atoms with Gasteiger partial charge in [0.25, 0.3) is 0 Å². The van der Waals surface area contributed by atoms with Gasteiger partial charge in [0, 0.05) is 30.6 Å². The van der Waals surface area contributed by atoms with Crippen molar-refractivity contribution >= 4 is 17.4 Å². The standard InChI is InChI=1S/C14H23N3O2S/c1-11(10-17-5-7-19-8-6-17)15-14(18)16-12(2)13-4-3-9-20-13/h3-4,9,11-12H,5-8,10H2,1-2H3,(H2,15,16,18)/t11-,12-/m1/s1. The fraction of sp³-hybridized carbons (Fsp3) is 0.643. The summed E-state index contributed by atoms with van der Waals surface area (Å²) in [5, 5.41) is 7.98. The third-order valence-electron chi connectivity index (χ3n) is 3.33. The molecule has 2 amide bonds. The van der Waals surface area contributed by atoms with Crippen LogP contribution in [0.5, 0.6) is 0 Å². The Labute approximate surface area is 124 Å². The third-order valence-corrected chi connectivity index (χ3v) is 4.39. The van der Waals surface area contributed by atoms with Crippen LogP contribution in [0.1, 0.15) is 24.8 Å². The van der Waals surface area contributed by atoms with Crippen LogP contribution >= 0.6 is 11.3 Å². The summed E-state index contributed by atoms with van der Waals surface area (Å²) in [6.07, 6.45) is 0. The van der Waals surface area contributed by atoms with Crippen LogP contribution in [-0.4, -0.2) is 49.8 Å². The van der Waals surface area contributed by atoms with Crippen molar-refractivity contribution in [2.45, 2.75) is 25.9 Å². The Morgan fingerprint density at radius 2 is 2.15 bits per heavy atom. The molecular weight excluding hydrogens is 274 g/mol. The van der Waals surface area contributed by atoms with Crippen molar-refractivity contribution in [2.24, 2.45) is 0 Å². The van der Waals surface area contributed by atoms with Crippen molar-refractivity contribution < 1.29 is 9.53 Å². The third kappa shape index (κ3) is 4.77. The Morgan fingerprint density at radius 1 is 1.40 bits per heavy atom. The van der Waals surface area contributed by atoms with E-state index in [2.05, 4.69) is 15.5 Å². The zero-order valence-electron chi connectivity index (χ0n) is 12.1. The number of amides is 2. The Kier molecular flexibility index (Phi) is 5.82. The molecule has 0 spiro atoms. The number of morpholine rings is 1. The second-order valence-corrected chi connectivity index (χ2v) is 6.15. The predicted octanol–water partition coefficient (Wildman–Crippen LogP) is 1.83. The van der Waals surface area contributed by atoms with Crippen LogP contribution in [0.25, 0.3) is 0 Å². The minimum Gasteiger partial charge on any atom is -0.379 e. The van der Waals surface area contributed by atoms with Gasteiger partial charge in [-0.3, -0.25) is 4.90 Å². The summed E-state index contributed by atoms with van der Waals surface area (Å²) in [5.41, 5.74) is 0. The molecule has 2 N–H and O–H groups in total. The molecule has 1 saturated heterocycles. The molecule has 1 aromatic heterocycles. The van der Waals surface area contributed by atoms with Crippen molar-refractivity contribution in [2.75, 3.05) is 32.8 Å². The number of carbonyl (C=O) groups is 1. The van der Waals surface area contributed by atoms with E-state index in [0.29, 0.717) is 0 Å². The fourth-order valence-corrected chi connectivity index (χ4v) is 3.02. The summed E-state index contributed by atoms with van der Waals surface area (Å²) in [7, 11) is 0. The zero-order valence-corrected chi connectivity index (χ0v) is 12.9. The molecule has 2 atom stereocenters. The molecule has 1 fully saturated rings. The average Bonchev–Trinajstić information content (AvgIpc) is 2.93. The fourth-order valence-electron chi connectivity index (χ4n) is 2.29. The molecule has 0 aromatic carbocycles. The molecule has 2 heterocycles. The van der Waals surface area contributed by atoms with E-state index in [1.165, 1.54) is 4.88 Å². The highest BCUT2D eigenvalue weighted by atomic mass is 32.1. The van der Waals surface area contributed by atoms with Gasteiger partial charge in [-0.2, -0.15) is 0 Å². The van der Waals surface area contributed by atoms with Crippen LogP contribution in [0.2, 0.25) is 0 Å². The quantitative estimate of drug-likeness (QED) is 0.872. The van der Waals surface area contributed by atoms with Gasteiger partial charge in [0.15, 0.2) is 0 Å². The van der Waals surface area contributed by atoms with E-state index in [4.69, 9.17) is 4.74 Å². The Hall–Kier alpha value is -1.11. The molecule has 0 bridgehead atoms. The van der Waals surface area contributed by atoms with E-state index in [1.54, 1.807) is 11.3 Å². The lowest BCUT2D eigenvalue weighted by Gasteiger charge is -2.29. The summed E-state index contributed by atoms with van der Waals surface area (Å²) in [5.74, 6) is 0. The molecule has 1 aliphatic heterocycles. The first kappa shape index (κ1) is 15.3.